The molecular weight excluding hydrogens is 371 g/mol. The molecule has 144 valence electrons. The van der Waals surface area contributed by atoms with Crippen molar-refractivity contribution >= 4 is 27.3 Å². The van der Waals surface area contributed by atoms with Gasteiger partial charge in [0.25, 0.3) is 10.0 Å². The molecule has 0 aliphatic carbocycles. The maximum atomic E-state index is 13.0. The van der Waals surface area contributed by atoms with Gasteiger partial charge in [-0.25, -0.2) is 12.8 Å². The van der Waals surface area contributed by atoms with Gasteiger partial charge in [0.2, 0.25) is 5.91 Å². The molecule has 0 unspecified atom stereocenters. The fourth-order valence-electron chi connectivity index (χ4n) is 2.85. The van der Waals surface area contributed by atoms with E-state index in [4.69, 9.17) is 4.74 Å². The zero-order chi connectivity index (χ0) is 19.8. The van der Waals surface area contributed by atoms with Crippen LogP contribution in [0.2, 0.25) is 0 Å². The molecule has 0 fully saturated rings. The number of rotatable bonds is 4. The summed E-state index contributed by atoms with van der Waals surface area (Å²) in [5, 5.41) is 0. The van der Waals surface area contributed by atoms with Crippen LogP contribution in [0.3, 0.4) is 0 Å². The van der Waals surface area contributed by atoms with Crippen molar-refractivity contribution in [3.8, 4) is 5.75 Å². The molecule has 1 amide bonds. The molecule has 0 saturated carbocycles. The summed E-state index contributed by atoms with van der Waals surface area (Å²) < 4.78 is 46.3. The topological polar surface area (TPSA) is 75.7 Å². The van der Waals surface area contributed by atoms with Crippen LogP contribution in [0, 0.1) is 11.2 Å². The number of sulfonamides is 1. The first kappa shape index (κ1) is 19.2. The lowest BCUT2D eigenvalue weighted by Crippen LogP contribution is -2.42. The third-order valence-corrected chi connectivity index (χ3v) is 5.75. The van der Waals surface area contributed by atoms with Crippen LogP contribution in [0.5, 0.6) is 5.75 Å². The minimum atomic E-state index is -3.87. The Morgan fingerprint density at radius 1 is 1.19 bits per heavy atom. The zero-order valence-electron chi connectivity index (χ0n) is 15.3. The molecule has 0 saturated heterocycles. The molecule has 0 spiro atoms. The minimum absolute atomic E-state index is 0.0498. The highest BCUT2D eigenvalue weighted by Gasteiger charge is 2.37. The smallest absolute Gasteiger partial charge is 0.261 e. The highest BCUT2D eigenvalue weighted by atomic mass is 32.2. The van der Waals surface area contributed by atoms with E-state index in [0.717, 1.165) is 12.1 Å². The van der Waals surface area contributed by atoms with E-state index < -0.39 is 21.3 Å². The molecule has 27 heavy (non-hydrogen) atoms. The lowest BCUT2D eigenvalue weighted by Gasteiger charge is -2.26. The van der Waals surface area contributed by atoms with E-state index in [2.05, 4.69) is 4.72 Å². The zero-order valence-corrected chi connectivity index (χ0v) is 16.1. The molecular formula is C19H21FN2O4S. The van der Waals surface area contributed by atoms with Gasteiger partial charge in [0, 0.05) is 12.6 Å². The van der Waals surface area contributed by atoms with Crippen LogP contribution in [0.4, 0.5) is 15.8 Å². The fourth-order valence-corrected chi connectivity index (χ4v) is 3.90. The van der Waals surface area contributed by atoms with Crippen molar-refractivity contribution in [1.29, 1.82) is 0 Å². The van der Waals surface area contributed by atoms with E-state index in [1.807, 2.05) is 20.8 Å². The van der Waals surface area contributed by atoms with E-state index in [0.29, 0.717) is 23.7 Å². The van der Waals surface area contributed by atoms with E-state index in [1.54, 1.807) is 23.1 Å². The van der Waals surface area contributed by atoms with Crippen LogP contribution >= 0.6 is 0 Å². The van der Waals surface area contributed by atoms with Crippen LogP contribution in [-0.2, 0) is 14.8 Å². The minimum Gasteiger partial charge on any atom is -0.490 e. The first-order chi connectivity index (χ1) is 12.6. The van der Waals surface area contributed by atoms with Crippen molar-refractivity contribution in [2.75, 3.05) is 22.8 Å². The molecule has 0 bridgehead atoms. The first-order valence-corrected chi connectivity index (χ1v) is 9.99. The highest BCUT2D eigenvalue weighted by Crippen LogP contribution is 2.38. The average Bonchev–Trinajstić information content (AvgIpc) is 2.70. The van der Waals surface area contributed by atoms with Gasteiger partial charge in [0.15, 0.2) is 0 Å². The molecule has 3 rings (SSSR count). The largest absolute Gasteiger partial charge is 0.490 e. The number of carbonyl (C=O) groups excluding carboxylic acids is 1. The molecule has 1 aliphatic heterocycles. The van der Waals surface area contributed by atoms with Crippen molar-refractivity contribution in [1.82, 2.24) is 0 Å². The van der Waals surface area contributed by atoms with Gasteiger partial charge in [-0.1, -0.05) is 0 Å². The van der Waals surface area contributed by atoms with Gasteiger partial charge in [-0.05, 0) is 57.2 Å². The van der Waals surface area contributed by atoms with Crippen molar-refractivity contribution in [3.63, 3.8) is 0 Å². The average molecular weight is 392 g/mol. The molecule has 0 aromatic heterocycles. The monoisotopic (exact) mass is 392 g/mol. The van der Waals surface area contributed by atoms with Crippen molar-refractivity contribution in [2.45, 2.75) is 25.7 Å². The Hall–Kier alpha value is -2.61. The number of nitrogens with one attached hydrogen (secondary N) is 1. The third kappa shape index (κ3) is 3.75. The number of nitrogens with zero attached hydrogens (tertiary/aromatic N) is 1. The molecule has 0 radical (unpaired) electrons. The standard InChI is InChI=1S/C19H21FN2O4S/c1-4-22-16-10-7-14(11-17(16)26-12-19(2,3)18(22)23)21-27(24,25)15-8-5-13(20)6-9-15/h5-11,21H,4,12H2,1-3H3. The summed E-state index contributed by atoms with van der Waals surface area (Å²) in [6.45, 7) is 6.14. The van der Waals surface area contributed by atoms with E-state index in [9.17, 15) is 17.6 Å². The molecule has 1 aliphatic rings. The normalized spacial score (nSPS) is 16.3. The van der Waals surface area contributed by atoms with Crippen LogP contribution in [0.1, 0.15) is 20.8 Å². The summed E-state index contributed by atoms with van der Waals surface area (Å²) >= 11 is 0. The number of ether oxygens (including phenoxy) is 1. The summed E-state index contributed by atoms with van der Waals surface area (Å²) in [7, 11) is -3.87. The van der Waals surface area contributed by atoms with E-state index in [1.165, 1.54) is 12.1 Å². The Morgan fingerprint density at radius 3 is 2.48 bits per heavy atom. The second-order valence-corrected chi connectivity index (χ2v) is 8.65. The number of amides is 1. The number of fused-ring (bicyclic) bond motifs is 1. The Morgan fingerprint density at radius 2 is 1.85 bits per heavy atom. The first-order valence-electron chi connectivity index (χ1n) is 8.51. The highest BCUT2D eigenvalue weighted by molar-refractivity contribution is 7.92. The molecule has 8 heteroatoms. The molecule has 6 nitrogen and oxygen atoms in total. The molecule has 0 atom stereocenters. The van der Waals surface area contributed by atoms with E-state index in [-0.39, 0.29) is 17.4 Å². The quantitative estimate of drug-likeness (QED) is 0.865. The third-order valence-electron chi connectivity index (χ3n) is 4.36. The maximum absolute atomic E-state index is 13.0. The molecule has 2 aromatic rings. The molecule has 1 heterocycles. The molecule has 1 N–H and O–H groups in total. The Balaban J connectivity index is 1.94. The van der Waals surface area contributed by atoms with Gasteiger partial charge in [-0.15, -0.1) is 0 Å². The lowest BCUT2D eigenvalue weighted by molar-refractivity contribution is -0.127. The van der Waals surface area contributed by atoms with Crippen LogP contribution in [-0.4, -0.2) is 27.5 Å². The van der Waals surface area contributed by atoms with Crippen LogP contribution in [0.15, 0.2) is 47.4 Å². The number of benzene rings is 2. The summed E-state index contributed by atoms with van der Waals surface area (Å²) in [5.74, 6) is -0.141. The van der Waals surface area contributed by atoms with Crippen LogP contribution < -0.4 is 14.4 Å². The number of hydrogen-bond acceptors (Lipinski definition) is 4. The second kappa shape index (κ2) is 6.84. The van der Waals surface area contributed by atoms with Crippen LogP contribution in [0.25, 0.3) is 0 Å². The Bertz CT molecular complexity index is 972. The molecule has 2 aromatic carbocycles. The van der Waals surface area contributed by atoms with Gasteiger partial charge in [0.05, 0.1) is 21.7 Å². The van der Waals surface area contributed by atoms with Gasteiger partial charge < -0.3 is 9.64 Å². The van der Waals surface area contributed by atoms with Gasteiger partial charge in [-0.2, -0.15) is 0 Å². The Labute approximate surface area is 158 Å². The summed E-state index contributed by atoms with van der Waals surface area (Å²) in [4.78, 5) is 14.3. The SMILES string of the molecule is CCN1C(=O)C(C)(C)COc2cc(NS(=O)(=O)c3ccc(F)cc3)ccc21. The number of carbonyl (C=O) groups is 1. The van der Waals surface area contributed by atoms with Gasteiger partial charge >= 0.3 is 0 Å². The van der Waals surface area contributed by atoms with E-state index >= 15 is 0 Å². The van der Waals surface area contributed by atoms with Crippen molar-refractivity contribution in [2.24, 2.45) is 5.41 Å². The van der Waals surface area contributed by atoms with Gasteiger partial charge in [-0.3, -0.25) is 9.52 Å². The Kier molecular flexibility index (Phi) is 4.86. The predicted molar refractivity (Wildman–Crippen MR) is 101 cm³/mol. The fraction of sp³-hybridized carbons (Fsp3) is 0.316. The second-order valence-electron chi connectivity index (χ2n) is 6.96. The van der Waals surface area contributed by atoms with Crippen molar-refractivity contribution in [3.05, 3.63) is 48.3 Å². The summed E-state index contributed by atoms with van der Waals surface area (Å²) in [5.41, 5.74) is 0.196. The summed E-state index contributed by atoms with van der Waals surface area (Å²) in [6, 6.07) is 9.32. The number of anilines is 2. The maximum Gasteiger partial charge on any atom is 0.261 e. The van der Waals surface area contributed by atoms with Crippen molar-refractivity contribution < 1.29 is 22.3 Å². The predicted octanol–water partition coefficient (Wildman–Crippen LogP) is 3.40. The lowest BCUT2D eigenvalue weighted by atomic mass is 9.93. The summed E-state index contributed by atoms with van der Waals surface area (Å²) in [6.07, 6.45) is 0. The number of halogens is 1. The van der Waals surface area contributed by atoms with Gasteiger partial charge in [0.1, 0.15) is 18.2 Å². The number of hydrogen-bond donors (Lipinski definition) is 1.